The monoisotopic (exact) mass is 617 g/mol. The molecule has 0 atom stereocenters. The number of rotatable bonds is 4. The number of thiophene rings is 1. The highest BCUT2D eigenvalue weighted by Crippen LogP contribution is 2.48. The molecule has 0 N–H and O–H groups in total. The lowest BCUT2D eigenvalue weighted by molar-refractivity contribution is 0.669. The van der Waals surface area contributed by atoms with Crippen LogP contribution in [-0.4, -0.2) is 0 Å². The number of anilines is 3. The fourth-order valence-electron chi connectivity index (χ4n) is 7.27. The summed E-state index contributed by atoms with van der Waals surface area (Å²) in [6, 6.07) is 59.1. The molecule has 0 unspecified atom stereocenters. The van der Waals surface area contributed by atoms with Crippen molar-refractivity contribution in [2.24, 2.45) is 0 Å². The first-order valence-corrected chi connectivity index (χ1v) is 16.7. The lowest BCUT2D eigenvalue weighted by Gasteiger charge is -2.28. The van der Waals surface area contributed by atoms with Crippen LogP contribution in [0.15, 0.2) is 168 Å². The van der Waals surface area contributed by atoms with Crippen molar-refractivity contribution in [3.05, 3.63) is 164 Å². The maximum absolute atomic E-state index is 6.29. The Morgan fingerprint density at radius 1 is 0.404 bits per heavy atom. The van der Waals surface area contributed by atoms with Crippen molar-refractivity contribution in [2.75, 3.05) is 4.90 Å². The van der Waals surface area contributed by atoms with Crippen LogP contribution >= 0.6 is 11.3 Å². The molecular formula is C44H27NOS. The summed E-state index contributed by atoms with van der Waals surface area (Å²) in [4.78, 5) is 2.47. The molecule has 0 radical (unpaired) electrons. The number of furan rings is 1. The summed E-state index contributed by atoms with van der Waals surface area (Å²) in [6.07, 6.45) is 0. The Morgan fingerprint density at radius 2 is 1.09 bits per heavy atom. The van der Waals surface area contributed by atoms with Gasteiger partial charge in [-0.1, -0.05) is 115 Å². The highest BCUT2D eigenvalue weighted by molar-refractivity contribution is 7.26. The van der Waals surface area contributed by atoms with E-state index in [-0.39, 0.29) is 0 Å². The Bertz CT molecular complexity index is 2820. The average Bonchev–Trinajstić information content (AvgIpc) is 3.70. The van der Waals surface area contributed by atoms with Gasteiger partial charge in [-0.2, -0.15) is 0 Å². The molecule has 2 aromatic heterocycles. The topological polar surface area (TPSA) is 16.4 Å². The minimum Gasteiger partial charge on any atom is -0.456 e. The normalized spacial score (nSPS) is 11.8. The molecule has 0 bridgehead atoms. The molecule has 0 spiro atoms. The second-order valence-electron chi connectivity index (χ2n) is 12.1. The van der Waals surface area contributed by atoms with E-state index in [9.17, 15) is 0 Å². The van der Waals surface area contributed by atoms with Gasteiger partial charge in [0.2, 0.25) is 0 Å². The van der Waals surface area contributed by atoms with Crippen LogP contribution < -0.4 is 4.90 Å². The van der Waals surface area contributed by atoms with E-state index in [0.29, 0.717) is 0 Å². The molecule has 0 amide bonds. The maximum atomic E-state index is 6.29. The first kappa shape index (κ1) is 26.3. The molecule has 8 aromatic carbocycles. The van der Waals surface area contributed by atoms with E-state index in [1.54, 1.807) is 0 Å². The van der Waals surface area contributed by atoms with Crippen molar-refractivity contribution < 1.29 is 4.42 Å². The first-order valence-electron chi connectivity index (χ1n) is 15.9. The second kappa shape index (κ2) is 10.3. The molecule has 47 heavy (non-hydrogen) atoms. The third-order valence-corrected chi connectivity index (χ3v) is 10.6. The highest BCUT2D eigenvalue weighted by atomic mass is 32.1. The van der Waals surface area contributed by atoms with Crippen LogP contribution in [0.1, 0.15) is 0 Å². The second-order valence-corrected chi connectivity index (χ2v) is 13.2. The Balaban J connectivity index is 1.24. The lowest BCUT2D eigenvalue weighted by atomic mass is 9.98. The van der Waals surface area contributed by atoms with Gasteiger partial charge in [-0.3, -0.25) is 0 Å². The summed E-state index contributed by atoms with van der Waals surface area (Å²) in [7, 11) is 0. The molecular weight excluding hydrogens is 591 g/mol. The van der Waals surface area contributed by atoms with E-state index < -0.39 is 0 Å². The number of benzene rings is 8. The molecule has 10 rings (SSSR count). The Labute approximate surface area is 275 Å². The van der Waals surface area contributed by atoms with Gasteiger partial charge in [0.05, 0.1) is 16.1 Å². The van der Waals surface area contributed by atoms with Gasteiger partial charge >= 0.3 is 0 Å². The fourth-order valence-corrected chi connectivity index (χ4v) is 8.47. The SMILES string of the molecule is c1cc(-c2ccc3c(c2)oc2ccccc23)cc(N(c2cc3ccccc3c3ccccc23)c2cccc3c2sc2ccccc23)c1. The van der Waals surface area contributed by atoms with Crippen LogP contribution in [0, 0.1) is 0 Å². The van der Waals surface area contributed by atoms with E-state index in [4.69, 9.17) is 4.42 Å². The standard InChI is InChI=1S/C44H27NOS/c1-2-14-32-30(11-1)26-40(34-16-4-3-15-33(32)34)45(39-20-10-19-38-37-18-6-8-22-43(37)47-44(38)39)31-13-9-12-28(25-31)29-23-24-36-35-17-5-7-21-41(35)46-42(36)27-29/h1-27H. The van der Waals surface area contributed by atoms with Crippen LogP contribution in [0.5, 0.6) is 0 Å². The number of para-hydroxylation sites is 1. The molecule has 0 aliphatic rings. The van der Waals surface area contributed by atoms with Crippen molar-refractivity contribution in [3.63, 3.8) is 0 Å². The molecule has 0 saturated heterocycles. The zero-order chi connectivity index (χ0) is 30.9. The van der Waals surface area contributed by atoms with Crippen LogP contribution in [-0.2, 0) is 0 Å². The first-order chi connectivity index (χ1) is 23.3. The van der Waals surface area contributed by atoms with Crippen LogP contribution in [0.4, 0.5) is 17.1 Å². The number of hydrogen-bond acceptors (Lipinski definition) is 3. The summed E-state index contributed by atoms with van der Waals surface area (Å²) >= 11 is 1.86. The van der Waals surface area contributed by atoms with Gasteiger partial charge in [0.25, 0.3) is 0 Å². The zero-order valence-corrected chi connectivity index (χ0v) is 26.2. The van der Waals surface area contributed by atoms with E-state index in [1.807, 2.05) is 23.5 Å². The molecule has 10 aromatic rings. The Hall–Kier alpha value is -5.90. The van der Waals surface area contributed by atoms with Crippen molar-refractivity contribution in [1.82, 2.24) is 0 Å². The molecule has 2 nitrogen and oxygen atoms in total. The van der Waals surface area contributed by atoms with E-state index in [2.05, 4.69) is 157 Å². The number of hydrogen-bond donors (Lipinski definition) is 0. The van der Waals surface area contributed by atoms with Crippen molar-refractivity contribution >= 4 is 92.1 Å². The molecule has 2 heterocycles. The molecule has 3 heteroatoms. The molecule has 220 valence electrons. The van der Waals surface area contributed by atoms with Gasteiger partial charge in [-0.15, -0.1) is 11.3 Å². The smallest absolute Gasteiger partial charge is 0.136 e. The summed E-state index contributed by atoms with van der Waals surface area (Å²) in [5, 5.41) is 9.82. The van der Waals surface area contributed by atoms with Crippen molar-refractivity contribution in [1.29, 1.82) is 0 Å². The van der Waals surface area contributed by atoms with E-state index in [1.165, 1.54) is 47.4 Å². The van der Waals surface area contributed by atoms with Gasteiger partial charge in [-0.25, -0.2) is 0 Å². The van der Waals surface area contributed by atoms with Crippen LogP contribution in [0.2, 0.25) is 0 Å². The largest absolute Gasteiger partial charge is 0.456 e. The summed E-state index contributed by atoms with van der Waals surface area (Å²) in [6.45, 7) is 0. The van der Waals surface area contributed by atoms with Gasteiger partial charge in [0.15, 0.2) is 0 Å². The quantitative estimate of drug-likeness (QED) is 0.183. The van der Waals surface area contributed by atoms with Crippen molar-refractivity contribution in [2.45, 2.75) is 0 Å². The van der Waals surface area contributed by atoms with E-state index >= 15 is 0 Å². The fraction of sp³-hybridized carbons (Fsp3) is 0. The summed E-state index contributed by atoms with van der Waals surface area (Å²) in [5.74, 6) is 0. The summed E-state index contributed by atoms with van der Waals surface area (Å²) in [5.41, 5.74) is 7.53. The Kier molecular flexibility index (Phi) is 5.78. The third kappa shape index (κ3) is 4.10. The number of nitrogens with zero attached hydrogens (tertiary/aromatic N) is 1. The molecule has 0 aliphatic heterocycles. The average molecular weight is 618 g/mol. The predicted octanol–water partition coefficient (Wildman–Crippen LogP) is 13.4. The maximum Gasteiger partial charge on any atom is 0.136 e. The van der Waals surface area contributed by atoms with Gasteiger partial charge in [0, 0.05) is 37.3 Å². The lowest BCUT2D eigenvalue weighted by Crippen LogP contribution is -2.11. The van der Waals surface area contributed by atoms with Crippen LogP contribution in [0.3, 0.4) is 0 Å². The minimum atomic E-state index is 0.904. The van der Waals surface area contributed by atoms with Gasteiger partial charge in [-0.05, 0) is 75.8 Å². The molecule has 0 saturated carbocycles. The van der Waals surface area contributed by atoms with Crippen LogP contribution in [0.25, 0.3) is 74.8 Å². The Morgan fingerprint density at radius 3 is 2.00 bits per heavy atom. The van der Waals surface area contributed by atoms with Crippen molar-refractivity contribution in [3.8, 4) is 11.1 Å². The summed E-state index contributed by atoms with van der Waals surface area (Å²) < 4.78 is 8.86. The predicted molar refractivity (Wildman–Crippen MR) is 202 cm³/mol. The minimum absolute atomic E-state index is 0.904. The third-order valence-electron chi connectivity index (χ3n) is 9.43. The molecule has 0 fully saturated rings. The van der Waals surface area contributed by atoms with Gasteiger partial charge in [0.1, 0.15) is 11.2 Å². The van der Waals surface area contributed by atoms with Gasteiger partial charge < -0.3 is 9.32 Å². The zero-order valence-electron chi connectivity index (χ0n) is 25.4. The highest BCUT2D eigenvalue weighted by Gasteiger charge is 2.21. The molecule has 0 aliphatic carbocycles. The van der Waals surface area contributed by atoms with E-state index in [0.717, 1.165) is 44.4 Å². The number of fused-ring (bicyclic) bond motifs is 9.